The van der Waals surface area contributed by atoms with Gasteiger partial charge in [0.1, 0.15) is 0 Å². The van der Waals surface area contributed by atoms with Gasteiger partial charge in [0.05, 0.1) is 12.0 Å². The van der Waals surface area contributed by atoms with Gasteiger partial charge in [0, 0.05) is 11.5 Å². The van der Waals surface area contributed by atoms with Crippen molar-refractivity contribution in [2.45, 2.75) is 105 Å². The highest BCUT2D eigenvalue weighted by Gasteiger charge is 2.72. The molecule has 0 aliphatic heterocycles. The fourth-order valence-corrected chi connectivity index (χ4v) is 11.6. The lowest BCUT2D eigenvalue weighted by Gasteiger charge is -2.73. The molecule has 5 rings (SSSR count). The van der Waals surface area contributed by atoms with Crippen LogP contribution in [0.5, 0.6) is 0 Å². The number of aliphatic carboxylic acids is 1. The van der Waals surface area contributed by atoms with Crippen LogP contribution in [0.15, 0.2) is 12.2 Å². The van der Waals surface area contributed by atoms with Crippen LogP contribution in [0, 0.1) is 56.7 Å². The molecule has 4 N–H and O–H groups in total. The van der Waals surface area contributed by atoms with Crippen molar-refractivity contribution in [1.29, 1.82) is 0 Å². The van der Waals surface area contributed by atoms with Crippen LogP contribution in [-0.4, -0.2) is 28.8 Å². The van der Waals surface area contributed by atoms with E-state index in [1.807, 2.05) is 0 Å². The predicted molar refractivity (Wildman–Crippen MR) is 136 cm³/mol. The minimum absolute atomic E-state index is 0.0764. The minimum Gasteiger partial charge on any atom is -0.481 e. The second-order valence-corrected chi connectivity index (χ2v) is 14.5. The maximum absolute atomic E-state index is 12.8. The SMILES string of the molecule is C=C(C)C1CCC2(C(=O)O)CCC3(C)C(CCC4C5(C)CCC(N)C(C)(CO)C5CCC43C)C12. The van der Waals surface area contributed by atoms with Gasteiger partial charge in [0.25, 0.3) is 0 Å². The topological polar surface area (TPSA) is 83.5 Å². The Hall–Kier alpha value is -0.870. The number of hydrogen-bond acceptors (Lipinski definition) is 3. The summed E-state index contributed by atoms with van der Waals surface area (Å²) >= 11 is 0. The molecule has 0 bridgehead atoms. The molecule has 0 spiro atoms. The fraction of sp³-hybridized carbons (Fsp3) is 0.900. The summed E-state index contributed by atoms with van der Waals surface area (Å²) in [5.41, 5.74) is 7.63. The van der Waals surface area contributed by atoms with Crippen molar-refractivity contribution in [3.05, 3.63) is 12.2 Å². The monoisotopic (exact) mass is 471 g/mol. The maximum atomic E-state index is 12.8. The number of carboxylic acids is 1. The third-order valence-corrected chi connectivity index (χ3v) is 13.7. The lowest BCUT2D eigenvalue weighted by Crippen LogP contribution is -2.68. The number of fused-ring (bicyclic) bond motifs is 7. The van der Waals surface area contributed by atoms with Crippen LogP contribution in [0.1, 0.15) is 98.8 Å². The molecule has 0 amide bonds. The lowest BCUT2D eigenvalue weighted by atomic mass is 9.32. The molecule has 4 heteroatoms. The van der Waals surface area contributed by atoms with Gasteiger partial charge in [0.15, 0.2) is 0 Å². The first-order valence-corrected chi connectivity index (χ1v) is 14.1. The second kappa shape index (κ2) is 7.57. The summed E-state index contributed by atoms with van der Waals surface area (Å²) in [6.07, 6.45) is 10.5. The summed E-state index contributed by atoms with van der Waals surface area (Å²) in [4.78, 5) is 12.8. The molecule has 0 aromatic rings. The summed E-state index contributed by atoms with van der Waals surface area (Å²) < 4.78 is 0. The van der Waals surface area contributed by atoms with Crippen LogP contribution >= 0.6 is 0 Å². The van der Waals surface area contributed by atoms with E-state index in [4.69, 9.17) is 5.73 Å². The zero-order valence-corrected chi connectivity index (χ0v) is 22.3. The van der Waals surface area contributed by atoms with E-state index >= 15 is 0 Å². The van der Waals surface area contributed by atoms with Crippen molar-refractivity contribution < 1.29 is 15.0 Å². The van der Waals surface area contributed by atoms with Gasteiger partial charge in [-0.05, 0) is 117 Å². The summed E-state index contributed by atoms with van der Waals surface area (Å²) in [5.74, 6) is 1.55. The van der Waals surface area contributed by atoms with Crippen molar-refractivity contribution in [2.24, 2.45) is 62.4 Å². The highest BCUT2D eigenvalue weighted by Crippen LogP contribution is 2.77. The molecule has 5 aliphatic rings. The quantitative estimate of drug-likeness (QED) is 0.439. The van der Waals surface area contributed by atoms with Gasteiger partial charge >= 0.3 is 5.97 Å². The summed E-state index contributed by atoms with van der Waals surface area (Å²) in [5, 5.41) is 21.0. The number of aliphatic hydroxyl groups is 1. The zero-order valence-electron chi connectivity index (χ0n) is 22.3. The Morgan fingerprint density at radius 3 is 2.24 bits per heavy atom. The zero-order chi connectivity index (χ0) is 24.9. The van der Waals surface area contributed by atoms with Crippen LogP contribution < -0.4 is 5.73 Å². The number of nitrogens with two attached hydrogens (primary N) is 1. The van der Waals surface area contributed by atoms with Crippen LogP contribution in [-0.2, 0) is 4.79 Å². The Morgan fingerprint density at radius 2 is 1.62 bits per heavy atom. The van der Waals surface area contributed by atoms with Crippen LogP contribution in [0.4, 0.5) is 0 Å². The molecule has 0 aromatic carbocycles. The molecule has 34 heavy (non-hydrogen) atoms. The Labute approximate surface area is 207 Å². The van der Waals surface area contributed by atoms with Crippen molar-refractivity contribution in [1.82, 2.24) is 0 Å². The molecule has 5 aliphatic carbocycles. The number of rotatable bonds is 3. The average Bonchev–Trinajstić information content (AvgIpc) is 3.18. The number of hydrogen-bond donors (Lipinski definition) is 3. The van der Waals surface area contributed by atoms with Gasteiger partial charge in [-0.1, -0.05) is 39.8 Å². The van der Waals surface area contributed by atoms with Crippen LogP contribution in [0.3, 0.4) is 0 Å². The molecule has 5 fully saturated rings. The van der Waals surface area contributed by atoms with Gasteiger partial charge in [-0.25, -0.2) is 0 Å². The summed E-state index contributed by atoms with van der Waals surface area (Å²) in [6, 6.07) is 0.0764. The smallest absolute Gasteiger partial charge is 0.309 e. The fourth-order valence-electron chi connectivity index (χ4n) is 11.6. The molecule has 11 atom stereocenters. The van der Waals surface area contributed by atoms with Gasteiger partial charge in [-0.15, -0.1) is 0 Å². The van der Waals surface area contributed by atoms with Crippen LogP contribution in [0.2, 0.25) is 0 Å². The Balaban J connectivity index is 1.56. The standard InChI is InChI=1S/C30H49NO3/c1-18(2)19-9-14-30(25(33)34)16-15-28(5)20(24(19)30)7-8-22-26(3)12-11-23(31)27(4,17-32)21(26)10-13-29(22,28)6/h19-24,32H,1,7-17,31H2,2-6H3,(H,33,34). The number of allylic oxidation sites excluding steroid dienone is 1. The lowest BCUT2D eigenvalue weighted by molar-refractivity contribution is -0.243. The first kappa shape index (κ1) is 24.8. The molecule has 0 heterocycles. The summed E-state index contributed by atoms with van der Waals surface area (Å²) in [7, 11) is 0. The van der Waals surface area contributed by atoms with E-state index in [0.717, 1.165) is 51.4 Å². The number of aliphatic hydroxyl groups excluding tert-OH is 1. The normalized spacial score (nSPS) is 56.6. The Kier molecular flexibility index (Phi) is 5.52. The molecule has 4 nitrogen and oxygen atoms in total. The highest BCUT2D eigenvalue weighted by molar-refractivity contribution is 5.76. The highest BCUT2D eigenvalue weighted by atomic mass is 16.4. The largest absolute Gasteiger partial charge is 0.481 e. The van der Waals surface area contributed by atoms with E-state index in [0.29, 0.717) is 23.7 Å². The van der Waals surface area contributed by atoms with E-state index in [2.05, 4.69) is 41.2 Å². The maximum Gasteiger partial charge on any atom is 0.309 e. The molecule has 0 saturated heterocycles. The molecule has 192 valence electrons. The van der Waals surface area contributed by atoms with E-state index in [9.17, 15) is 15.0 Å². The van der Waals surface area contributed by atoms with Crippen molar-refractivity contribution in [3.8, 4) is 0 Å². The van der Waals surface area contributed by atoms with E-state index in [1.54, 1.807) is 0 Å². The molecule has 0 aromatic heterocycles. The Bertz CT molecular complexity index is 886. The molecular formula is C30H49NO3. The summed E-state index contributed by atoms with van der Waals surface area (Å²) in [6.45, 7) is 16.6. The van der Waals surface area contributed by atoms with E-state index in [-0.39, 0.29) is 40.2 Å². The molecule has 11 unspecified atom stereocenters. The van der Waals surface area contributed by atoms with Crippen LogP contribution in [0.25, 0.3) is 0 Å². The molecule has 0 radical (unpaired) electrons. The third kappa shape index (κ3) is 2.76. The van der Waals surface area contributed by atoms with Crippen molar-refractivity contribution in [3.63, 3.8) is 0 Å². The van der Waals surface area contributed by atoms with Crippen molar-refractivity contribution in [2.75, 3.05) is 6.61 Å². The second-order valence-electron chi connectivity index (χ2n) is 14.5. The van der Waals surface area contributed by atoms with Gasteiger partial charge in [-0.2, -0.15) is 0 Å². The minimum atomic E-state index is -0.550. The predicted octanol–water partition coefficient (Wildman–Crippen LogP) is 6.03. The van der Waals surface area contributed by atoms with Gasteiger partial charge < -0.3 is 15.9 Å². The first-order chi connectivity index (χ1) is 15.8. The molecule has 5 saturated carbocycles. The van der Waals surface area contributed by atoms with Gasteiger partial charge in [-0.3, -0.25) is 4.79 Å². The third-order valence-electron chi connectivity index (χ3n) is 13.7. The Morgan fingerprint density at radius 1 is 0.912 bits per heavy atom. The first-order valence-electron chi connectivity index (χ1n) is 14.1. The van der Waals surface area contributed by atoms with E-state index < -0.39 is 11.4 Å². The number of carboxylic acid groups (broad SMARTS) is 1. The number of carbonyl (C=O) groups is 1. The van der Waals surface area contributed by atoms with Crippen molar-refractivity contribution >= 4 is 5.97 Å². The van der Waals surface area contributed by atoms with E-state index in [1.165, 1.54) is 18.4 Å². The molecular weight excluding hydrogens is 422 g/mol. The average molecular weight is 472 g/mol. The van der Waals surface area contributed by atoms with Gasteiger partial charge in [0.2, 0.25) is 0 Å².